The van der Waals surface area contributed by atoms with Crippen molar-refractivity contribution in [3.05, 3.63) is 64.1 Å². The molecular formula is C19H14N6O2S2. The first-order valence-corrected chi connectivity index (χ1v) is 10.6. The van der Waals surface area contributed by atoms with Crippen molar-refractivity contribution in [3.8, 4) is 0 Å². The maximum Gasteiger partial charge on any atom is 0.277 e. The molecule has 0 radical (unpaired) electrons. The van der Waals surface area contributed by atoms with Crippen LogP contribution in [0.25, 0.3) is 10.2 Å². The fourth-order valence-electron chi connectivity index (χ4n) is 3.17. The molecule has 0 unspecified atom stereocenters. The monoisotopic (exact) mass is 422 g/mol. The number of carbonyl (C=O) groups is 2. The minimum Gasteiger partial charge on any atom is -0.333 e. The van der Waals surface area contributed by atoms with Crippen LogP contribution in [0.15, 0.2) is 42.3 Å². The van der Waals surface area contributed by atoms with E-state index >= 15 is 0 Å². The van der Waals surface area contributed by atoms with Gasteiger partial charge in [0.15, 0.2) is 5.13 Å². The summed E-state index contributed by atoms with van der Waals surface area (Å²) in [6, 6.07) is 5.59. The van der Waals surface area contributed by atoms with Gasteiger partial charge in [-0.3, -0.25) is 19.9 Å². The number of amides is 2. The Bertz CT molecular complexity index is 1220. The first kappa shape index (κ1) is 17.8. The maximum absolute atomic E-state index is 13.0. The van der Waals surface area contributed by atoms with E-state index in [4.69, 9.17) is 0 Å². The van der Waals surface area contributed by atoms with E-state index in [9.17, 15) is 9.59 Å². The minimum absolute atomic E-state index is 0.00973. The fraction of sp³-hybridized carbons (Fsp3) is 0.158. The average Bonchev–Trinajstić information content (AvgIpc) is 3.38. The predicted molar refractivity (Wildman–Crippen MR) is 110 cm³/mol. The van der Waals surface area contributed by atoms with E-state index in [0.29, 0.717) is 30.2 Å². The van der Waals surface area contributed by atoms with Crippen LogP contribution in [0.3, 0.4) is 0 Å². The highest BCUT2D eigenvalue weighted by atomic mass is 32.1. The molecule has 0 aliphatic carbocycles. The lowest BCUT2D eigenvalue weighted by Crippen LogP contribution is -2.35. The van der Waals surface area contributed by atoms with Gasteiger partial charge in [0.05, 0.1) is 34.2 Å². The minimum atomic E-state index is -0.352. The lowest BCUT2D eigenvalue weighted by molar-refractivity contribution is 0.0736. The molecule has 0 atom stereocenters. The van der Waals surface area contributed by atoms with Crippen LogP contribution in [0, 0.1) is 0 Å². The lowest BCUT2D eigenvalue weighted by Gasteiger charge is -2.26. The number of nitrogens with one attached hydrogen (secondary N) is 1. The number of fused-ring (bicyclic) bond motifs is 2. The summed E-state index contributed by atoms with van der Waals surface area (Å²) >= 11 is 2.91. The van der Waals surface area contributed by atoms with Gasteiger partial charge in [-0.25, -0.2) is 15.0 Å². The van der Waals surface area contributed by atoms with Gasteiger partial charge in [-0.15, -0.1) is 11.3 Å². The molecule has 29 heavy (non-hydrogen) atoms. The van der Waals surface area contributed by atoms with Crippen molar-refractivity contribution in [1.82, 2.24) is 24.8 Å². The molecule has 1 N–H and O–H groups in total. The van der Waals surface area contributed by atoms with Gasteiger partial charge in [0.1, 0.15) is 5.69 Å². The highest BCUT2D eigenvalue weighted by Crippen LogP contribution is 2.29. The molecule has 144 valence electrons. The molecule has 3 aromatic heterocycles. The van der Waals surface area contributed by atoms with E-state index in [0.717, 1.165) is 20.8 Å². The van der Waals surface area contributed by atoms with Crippen molar-refractivity contribution in [2.45, 2.75) is 13.0 Å². The number of thiazole rings is 2. The van der Waals surface area contributed by atoms with Crippen LogP contribution in [0.1, 0.15) is 31.4 Å². The molecular weight excluding hydrogens is 408 g/mol. The molecule has 1 aliphatic rings. The van der Waals surface area contributed by atoms with Crippen molar-refractivity contribution in [1.29, 1.82) is 0 Å². The third kappa shape index (κ3) is 3.47. The van der Waals surface area contributed by atoms with E-state index in [1.165, 1.54) is 41.3 Å². The van der Waals surface area contributed by atoms with Gasteiger partial charge < -0.3 is 4.90 Å². The number of benzene rings is 1. The van der Waals surface area contributed by atoms with Crippen LogP contribution in [0.4, 0.5) is 5.13 Å². The van der Waals surface area contributed by atoms with Crippen LogP contribution >= 0.6 is 22.7 Å². The molecule has 8 nitrogen and oxygen atoms in total. The van der Waals surface area contributed by atoms with Crippen LogP contribution in [-0.2, 0) is 13.0 Å². The van der Waals surface area contributed by atoms with Gasteiger partial charge in [0, 0.05) is 35.8 Å². The molecule has 4 heterocycles. The Morgan fingerprint density at radius 1 is 1.17 bits per heavy atom. The summed E-state index contributed by atoms with van der Waals surface area (Å²) in [7, 11) is 0. The van der Waals surface area contributed by atoms with Crippen molar-refractivity contribution in [2.75, 3.05) is 11.9 Å². The summed E-state index contributed by atoms with van der Waals surface area (Å²) in [6.07, 6.45) is 5.04. The number of nitrogens with zero attached hydrogens (tertiary/aromatic N) is 5. The standard InChI is InChI=1S/C19H14N6O2S2/c26-17(14-8-20-4-5-21-14)24-19-23-13-3-6-25(9-16(13)29-19)18(27)11-1-2-12-15(7-11)28-10-22-12/h1-2,4-5,7-8,10H,3,6,9H2,(H,23,24,26). The van der Waals surface area contributed by atoms with Crippen molar-refractivity contribution in [2.24, 2.45) is 0 Å². The molecule has 0 bridgehead atoms. The number of rotatable bonds is 3. The molecule has 5 rings (SSSR count). The van der Waals surface area contributed by atoms with Crippen LogP contribution < -0.4 is 5.32 Å². The number of carbonyl (C=O) groups excluding carboxylic acids is 2. The zero-order valence-corrected chi connectivity index (χ0v) is 16.7. The highest BCUT2D eigenvalue weighted by molar-refractivity contribution is 7.16. The second kappa shape index (κ2) is 7.30. The van der Waals surface area contributed by atoms with Crippen LogP contribution in [-0.4, -0.2) is 43.2 Å². The summed E-state index contributed by atoms with van der Waals surface area (Å²) < 4.78 is 1.00. The van der Waals surface area contributed by atoms with Crippen LogP contribution in [0.2, 0.25) is 0 Å². The molecule has 0 fully saturated rings. The molecule has 1 aromatic carbocycles. The summed E-state index contributed by atoms with van der Waals surface area (Å²) in [5.74, 6) is -0.362. The first-order valence-electron chi connectivity index (χ1n) is 8.86. The van der Waals surface area contributed by atoms with Gasteiger partial charge in [0.2, 0.25) is 0 Å². The first-order chi connectivity index (χ1) is 14.2. The summed E-state index contributed by atoms with van der Waals surface area (Å²) in [5, 5.41) is 3.27. The van der Waals surface area contributed by atoms with E-state index in [1.54, 1.807) is 5.51 Å². The highest BCUT2D eigenvalue weighted by Gasteiger charge is 2.25. The zero-order valence-electron chi connectivity index (χ0n) is 15.0. The van der Waals surface area contributed by atoms with Gasteiger partial charge in [-0.05, 0) is 18.2 Å². The Labute approximate surface area is 173 Å². The second-order valence-corrected chi connectivity index (χ2v) is 8.42. The number of aromatic nitrogens is 4. The van der Waals surface area contributed by atoms with Gasteiger partial charge in [-0.2, -0.15) is 0 Å². The SMILES string of the molecule is O=C(Nc1nc2c(s1)CN(C(=O)c1ccc3ncsc3c1)CC2)c1cnccn1. The zero-order chi connectivity index (χ0) is 19.8. The van der Waals surface area contributed by atoms with E-state index in [2.05, 4.69) is 25.3 Å². The predicted octanol–water partition coefficient (Wildman–Crippen LogP) is 2.99. The Morgan fingerprint density at radius 2 is 2.10 bits per heavy atom. The van der Waals surface area contributed by atoms with E-state index in [-0.39, 0.29) is 17.5 Å². The average molecular weight is 422 g/mol. The largest absolute Gasteiger partial charge is 0.333 e. The molecule has 1 aliphatic heterocycles. The maximum atomic E-state index is 13.0. The molecule has 0 saturated carbocycles. The summed E-state index contributed by atoms with van der Waals surface area (Å²) in [4.78, 5) is 44.7. The summed E-state index contributed by atoms with van der Waals surface area (Å²) in [6.45, 7) is 1.07. The van der Waals surface area contributed by atoms with Gasteiger partial charge in [-0.1, -0.05) is 11.3 Å². The van der Waals surface area contributed by atoms with Gasteiger partial charge in [0.25, 0.3) is 11.8 Å². The second-order valence-electron chi connectivity index (χ2n) is 6.45. The topological polar surface area (TPSA) is 101 Å². The Hall–Kier alpha value is -3.24. The molecule has 2 amide bonds. The van der Waals surface area contributed by atoms with Crippen molar-refractivity contribution < 1.29 is 9.59 Å². The number of hydrogen-bond donors (Lipinski definition) is 1. The fourth-order valence-corrected chi connectivity index (χ4v) is 4.91. The Balaban J connectivity index is 1.32. The van der Waals surface area contributed by atoms with Crippen molar-refractivity contribution >= 4 is 49.8 Å². The van der Waals surface area contributed by atoms with Crippen molar-refractivity contribution in [3.63, 3.8) is 0 Å². The normalized spacial score (nSPS) is 13.3. The van der Waals surface area contributed by atoms with E-state index in [1.807, 2.05) is 23.1 Å². The van der Waals surface area contributed by atoms with Crippen LogP contribution in [0.5, 0.6) is 0 Å². The number of hydrogen-bond acceptors (Lipinski definition) is 8. The molecule has 10 heteroatoms. The van der Waals surface area contributed by atoms with Gasteiger partial charge >= 0.3 is 0 Å². The third-order valence-electron chi connectivity index (χ3n) is 4.61. The lowest BCUT2D eigenvalue weighted by atomic mass is 10.1. The summed E-state index contributed by atoms with van der Waals surface area (Å²) in [5.41, 5.74) is 4.49. The third-order valence-corrected chi connectivity index (χ3v) is 6.40. The van der Waals surface area contributed by atoms with E-state index < -0.39 is 0 Å². The molecule has 4 aromatic rings. The Kier molecular flexibility index (Phi) is 4.49. The quantitative estimate of drug-likeness (QED) is 0.545. The smallest absolute Gasteiger partial charge is 0.277 e. The molecule has 0 saturated heterocycles. The number of anilines is 1. The molecule has 0 spiro atoms. The Morgan fingerprint density at radius 3 is 2.97 bits per heavy atom.